The van der Waals surface area contributed by atoms with Gasteiger partial charge in [-0.1, -0.05) is 18.2 Å². The highest BCUT2D eigenvalue weighted by Crippen LogP contribution is 2.10. The minimum absolute atomic E-state index is 0.763. The highest BCUT2D eigenvalue weighted by molar-refractivity contribution is 5.66. The Hall–Kier alpha value is -1.57. The fourth-order valence-corrected chi connectivity index (χ4v) is 0.913. The van der Waals surface area contributed by atoms with Gasteiger partial charge in [0.15, 0.2) is 0 Å². The monoisotopic (exact) mass is 161 g/mol. The van der Waals surface area contributed by atoms with Crippen molar-refractivity contribution in [1.82, 2.24) is 0 Å². The lowest BCUT2D eigenvalue weighted by molar-refractivity contribution is -0.104. The third-order valence-corrected chi connectivity index (χ3v) is 1.55. The van der Waals surface area contributed by atoms with E-state index in [1.54, 1.807) is 6.20 Å². The molecule has 0 aliphatic heterocycles. The number of aldehydes is 1. The van der Waals surface area contributed by atoms with Crippen LogP contribution in [-0.4, -0.2) is 13.3 Å². The number of allylic oxidation sites excluding steroid dienone is 1. The molecule has 1 rings (SSSR count). The number of anilines is 1. The second-order valence-electron chi connectivity index (χ2n) is 2.42. The Kier molecular flexibility index (Phi) is 3.08. The van der Waals surface area contributed by atoms with Gasteiger partial charge in [-0.15, -0.1) is 0 Å². The van der Waals surface area contributed by atoms with Crippen LogP contribution >= 0.6 is 0 Å². The molecule has 0 bridgehead atoms. The van der Waals surface area contributed by atoms with Crippen molar-refractivity contribution >= 4 is 12.0 Å². The summed E-state index contributed by atoms with van der Waals surface area (Å²) in [7, 11) is 1.90. The highest BCUT2D eigenvalue weighted by Gasteiger charge is 1.91. The molecule has 12 heavy (non-hydrogen) atoms. The molecule has 0 radical (unpaired) electrons. The van der Waals surface area contributed by atoms with Gasteiger partial charge in [0.2, 0.25) is 0 Å². The number of benzene rings is 1. The molecule has 0 unspecified atom stereocenters. The summed E-state index contributed by atoms with van der Waals surface area (Å²) in [5, 5.41) is 0. The maximum absolute atomic E-state index is 10.0. The van der Waals surface area contributed by atoms with Crippen molar-refractivity contribution in [3.63, 3.8) is 0 Å². The molecular weight excluding hydrogens is 150 g/mol. The lowest BCUT2D eigenvalue weighted by atomic mass is 10.3. The van der Waals surface area contributed by atoms with Gasteiger partial charge in [-0.3, -0.25) is 4.79 Å². The summed E-state index contributed by atoms with van der Waals surface area (Å²) in [4.78, 5) is 11.9. The largest absolute Gasteiger partial charge is 0.351 e. The lowest BCUT2D eigenvalue weighted by Crippen LogP contribution is -2.07. The molecule has 0 aliphatic carbocycles. The quantitative estimate of drug-likeness (QED) is 0.498. The molecule has 0 aromatic heterocycles. The number of hydrogen-bond acceptors (Lipinski definition) is 2. The van der Waals surface area contributed by atoms with Gasteiger partial charge in [-0.2, -0.15) is 0 Å². The molecule has 1 aromatic rings. The molecule has 1 aromatic carbocycles. The number of para-hydroxylation sites is 1. The third-order valence-electron chi connectivity index (χ3n) is 1.55. The first-order valence-corrected chi connectivity index (χ1v) is 3.74. The first kappa shape index (κ1) is 8.53. The molecule has 0 atom stereocenters. The molecule has 0 aliphatic rings. The normalized spacial score (nSPS) is 10.1. The number of hydrogen-bond donors (Lipinski definition) is 0. The van der Waals surface area contributed by atoms with Crippen molar-refractivity contribution in [2.24, 2.45) is 0 Å². The number of nitrogens with zero attached hydrogens (tertiary/aromatic N) is 1. The van der Waals surface area contributed by atoms with Crippen LogP contribution in [-0.2, 0) is 4.79 Å². The van der Waals surface area contributed by atoms with Crippen molar-refractivity contribution in [1.29, 1.82) is 0 Å². The highest BCUT2D eigenvalue weighted by atomic mass is 16.1. The van der Waals surface area contributed by atoms with Crippen LogP contribution in [0.4, 0.5) is 5.69 Å². The maximum Gasteiger partial charge on any atom is 0.144 e. The Balaban J connectivity index is 2.71. The van der Waals surface area contributed by atoms with Crippen LogP contribution in [0.3, 0.4) is 0 Å². The summed E-state index contributed by atoms with van der Waals surface area (Å²) in [5.74, 6) is 0. The molecule has 0 N–H and O–H groups in total. The van der Waals surface area contributed by atoms with Gasteiger partial charge < -0.3 is 4.90 Å². The van der Waals surface area contributed by atoms with Crippen molar-refractivity contribution in [2.75, 3.05) is 11.9 Å². The Morgan fingerprint density at radius 2 is 1.92 bits per heavy atom. The zero-order valence-electron chi connectivity index (χ0n) is 6.97. The van der Waals surface area contributed by atoms with Gasteiger partial charge in [-0.25, -0.2) is 0 Å². The van der Waals surface area contributed by atoms with E-state index >= 15 is 0 Å². The van der Waals surface area contributed by atoms with E-state index in [1.807, 2.05) is 42.3 Å². The van der Waals surface area contributed by atoms with Crippen LogP contribution in [0.25, 0.3) is 0 Å². The van der Waals surface area contributed by atoms with Gasteiger partial charge in [0.05, 0.1) is 0 Å². The first-order valence-electron chi connectivity index (χ1n) is 3.74. The van der Waals surface area contributed by atoms with E-state index in [4.69, 9.17) is 0 Å². The van der Waals surface area contributed by atoms with Crippen LogP contribution in [0.15, 0.2) is 42.6 Å². The Morgan fingerprint density at radius 3 is 2.50 bits per heavy atom. The molecule has 2 nitrogen and oxygen atoms in total. The molecule has 0 saturated heterocycles. The van der Waals surface area contributed by atoms with Crippen molar-refractivity contribution in [3.8, 4) is 0 Å². The predicted octanol–water partition coefficient (Wildman–Crippen LogP) is 1.84. The minimum atomic E-state index is 0.763. The van der Waals surface area contributed by atoms with Crippen molar-refractivity contribution in [2.45, 2.75) is 0 Å². The minimum Gasteiger partial charge on any atom is -0.351 e. The van der Waals surface area contributed by atoms with Gasteiger partial charge in [0.1, 0.15) is 6.29 Å². The van der Waals surface area contributed by atoms with Crippen LogP contribution < -0.4 is 4.90 Å². The number of rotatable bonds is 3. The molecular formula is C10H11NO. The zero-order valence-corrected chi connectivity index (χ0v) is 6.97. The summed E-state index contributed by atoms with van der Waals surface area (Å²) < 4.78 is 0. The molecule has 0 fully saturated rings. The number of carbonyl (C=O) groups is 1. The number of carbonyl (C=O) groups excluding carboxylic acids is 1. The Bertz CT molecular complexity index is 266. The first-order chi connectivity index (χ1) is 5.84. The van der Waals surface area contributed by atoms with Gasteiger partial charge >= 0.3 is 0 Å². The zero-order chi connectivity index (χ0) is 8.81. The maximum atomic E-state index is 10.0. The second kappa shape index (κ2) is 4.34. The lowest BCUT2D eigenvalue weighted by Gasteiger charge is -2.12. The smallest absolute Gasteiger partial charge is 0.144 e. The summed E-state index contributed by atoms with van der Waals surface area (Å²) in [5.41, 5.74) is 1.07. The molecule has 0 amide bonds. The van der Waals surface area contributed by atoms with Crippen LogP contribution in [0.5, 0.6) is 0 Å². The fourth-order valence-electron chi connectivity index (χ4n) is 0.913. The van der Waals surface area contributed by atoms with Gasteiger partial charge in [-0.05, 0) is 18.2 Å². The summed E-state index contributed by atoms with van der Waals surface area (Å²) in [6, 6.07) is 9.84. The van der Waals surface area contributed by atoms with Crippen LogP contribution in [0.2, 0.25) is 0 Å². The molecule has 2 heteroatoms. The average molecular weight is 161 g/mol. The third kappa shape index (κ3) is 2.23. The van der Waals surface area contributed by atoms with E-state index in [0.29, 0.717) is 0 Å². The Labute approximate surface area is 72.1 Å². The van der Waals surface area contributed by atoms with E-state index in [-0.39, 0.29) is 0 Å². The van der Waals surface area contributed by atoms with E-state index < -0.39 is 0 Å². The fraction of sp³-hybridized carbons (Fsp3) is 0.100. The van der Waals surface area contributed by atoms with E-state index in [1.165, 1.54) is 6.08 Å². The Morgan fingerprint density at radius 1 is 1.25 bits per heavy atom. The molecule has 62 valence electrons. The molecule has 0 heterocycles. The summed E-state index contributed by atoms with van der Waals surface area (Å²) >= 11 is 0. The molecule has 0 saturated carbocycles. The van der Waals surface area contributed by atoms with Crippen molar-refractivity contribution in [3.05, 3.63) is 42.6 Å². The standard InChI is InChI=1S/C10H11NO/c1-11(8-5-9-12)10-6-3-2-4-7-10/h2-9H,1H3/b8-5-. The predicted molar refractivity (Wildman–Crippen MR) is 50.0 cm³/mol. The molecule has 0 spiro atoms. The van der Waals surface area contributed by atoms with E-state index in [2.05, 4.69) is 0 Å². The second-order valence-corrected chi connectivity index (χ2v) is 2.42. The van der Waals surface area contributed by atoms with E-state index in [0.717, 1.165) is 12.0 Å². The van der Waals surface area contributed by atoms with Gasteiger partial charge in [0, 0.05) is 18.9 Å². The van der Waals surface area contributed by atoms with Gasteiger partial charge in [0.25, 0.3) is 0 Å². The SMILES string of the molecule is CN(/C=C\C=O)c1ccccc1. The summed E-state index contributed by atoms with van der Waals surface area (Å²) in [6.45, 7) is 0. The topological polar surface area (TPSA) is 20.3 Å². The summed E-state index contributed by atoms with van der Waals surface area (Å²) in [6.07, 6.45) is 3.95. The van der Waals surface area contributed by atoms with Crippen LogP contribution in [0, 0.1) is 0 Å². The average Bonchev–Trinajstić information content (AvgIpc) is 2.15. The van der Waals surface area contributed by atoms with E-state index in [9.17, 15) is 4.79 Å². The van der Waals surface area contributed by atoms with Crippen molar-refractivity contribution < 1.29 is 4.79 Å². The van der Waals surface area contributed by atoms with Crippen LogP contribution in [0.1, 0.15) is 0 Å².